The van der Waals surface area contributed by atoms with Gasteiger partial charge in [0, 0.05) is 17.8 Å². The molecule has 25 heavy (non-hydrogen) atoms. The Hall–Kier alpha value is -1.43. The molecule has 0 saturated heterocycles. The van der Waals surface area contributed by atoms with Crippen LogP contribution in [0.2, 0.25) is 0 Å². The quantitative estimate of drug-likeness (QED) is 0.633. The zero-order valence-electron chi connectivity index (χ0n) is 16.6. The van der Waals surface area contributed by atoms with Crippen LogP contribution in [0.4, 0.5) is 0 Å². The molecule has 5 nitrogen and oxygen atoms in total. The van der Waals surface area contributed by atoms with Crippen molar-refractivity contribution in [3.05, 3.63) is 16.1 Å². The van der Waals surface area contributed by atoms with Gasteiger partial charge in [0.15, 0.2) is 5.69 Å². The van der Waals surface area contributed by atoms with Crippen molar-refractivity contribution in [2.24, 2.45) is 11.3 Å². The number of carbonyl (C=O) groups excluding carboxylic acids is 2. The average Bonchev–Trinajstić information content (AvgIpc) is 2.91. The van der Waals surface area contributed by atoms with E-state index >= 15 is 0 Å². The van der Waals surface area contributed by atoms with E-state index in [1.807, 2.05) is 18.7 Å². The second-order valence-electron chi connectivity index (χ2n) is 8.04. The van der Waals surface area contributed by atoms with Crippen molar-refractivity contribution in [3.8, 4) is 0 Å². The van der Waals surface area contributed by atoms with Gasteiger partial charge in [-0.15, -0.1) is 11.3 Å². The molecule has 1 aromatic rings. The molecule has 1 heterocycles. The lowest BCUT2D eigenvalue weighted by Crippen LogP contribution is -2.37. The lowest BCUT2D eigenvalue weighted by Gasteiger charge is -2.29. The Morgan fingerprint density at radius 3 is 2.44 bits per heavy atom. The van der Waals surface area contributed by atoms with E-state index in [0.29, 0.717) is 31.2 Å². The largest absolute Gasteiger partial charge is 0.461 e. The molecular weight excluding hydrogens is 336 g/mol. The Kier molecular flexibility index (Phi) is 8.06. The summed E-state index contributed by atoms with van der Waals surface area (Å²) < 4.78 is 4.96. The highest BCUT2D eigenvalue weighted by molar-refractivity contribution is 7.09. The van der Waals surface area contributed by atoms with Crippen LogP contribution in [0.15, 0.2) is 5.38 Å². The molecule has 0 aliphatic carbocycles. The van der Waals surface area contributed by atoms with Gasteiger partial charge in [-0.2, -0.15) is 0 Å². The molecule has 1 amide bonds. The summed E-state index contributed by atoms with van der Waals surface area (Å²) in [6.45, 7) is 15.3. The molecule has 0 spiro atoms. The van der Waals surface area contributed by atoms with E-state index in [1.165, 1.54) is 11.3 Å². The van der Waals surface area contributed by atoms with Gasteiger partial charge in [0.25, 0.3) is 0 Å². The summed E-state index contributed by atoms with van der Waals surface area (Å²) in [4.78, 5) is 30.6. The molecule has 1 rings (SSSR count). The minimum Gasteiger partial charge on any atom is -0.461 e. The molecule has 0 unspecified atom stereocenters. The van der Waals surface area contributed by atoms with Crippen molar-refractivity contribution in [2.75, 3.05) is 6.61 Å². The highest BCUT2D eigenvalue weighted by Gasteiger charge is 2.24. The van der Waals surface area contributed by atoms with Crippen LogP contribution < -0.4 is 0 Å². The standard InChI is InChI=1S/C19H32N2O3S/c1-8-24-18(23)15-12-25-16(20-15)11-21(13(2)3)17(22)9-14(4)10-19(5,6)7/h12-14H,8-11H2,1-7H3/t14-/m1/s1. The van der Waals surface area contributed by atoms with Crippen LogP contribution in [0.1, 0.15) is 76.8 Å². The van der Waals surface area contributed by atoms with Gasteiger partial charge in [0.1, 0.15) is 5.01 Å². The van der Waals surface area contributed by atoms with Crippen molar-refractivity contribution in [1.29, 1.82) is 0 Å². The zero-order chi connectivity index (χ0) is 19.2. The van der Waals surface area contributed by atoms with Gasteiger partial charge in [-0.3, -0.25) is 4.79 Å². The number of thiazole rings is 1. The molecule has 1 atom stereocenters. The van der Waals surface area contributed by atoms with Crippen molar-refractivity contribution in [2.45, 2.75) is 73.9 Å². The number of nitrogens with zero attached hydrogens (tertiary/aromatic N) is 2. The van der Waals surface area contributed by atoms with Crippen LogP contribution in [0, 0.1) is 11.3 Å². The normalized spacial score (nSPS) is 13.0. The number of ether oxygens (including phenoxy) is 1. The van der Waals surface area contributed by atoms with E-state index in [4.69, 9.17) is 4.74 Å². The molecule has 0 N–H and O–H groups in total. The maximum atomic E-state index is 12.7. The Morgan fingerprint density at radius 1 is 1.28 bits per heavy atom. The van der Waals surface area contributed by atoms with Gasteiger partial charge in [-0.05, 0) is 38.5 Å². The second kappa shape index (κ2) is 9.32. The van der Waals surface area contributed by atoms with Crippen molar-refractivity contribution < 1.29 is 14.3 Å². The highest BCUT2D eigenvalue weighted by atomic mass is 32.1. The minimum atomic E-state index is -0.411. The summed E-state index contributed by atoms with van der Waals surface area (Å²) in [6, 6.07) is 0.0873. The highest BCUT2D eigenvalue weighted by Crippen LogP contribution is 2.27. The summed E-state index contributed by atoms with van der Waals surface area (Å²) >= 11 is 1.39. The lowest BCUT2D eigenvalue weighted by atomic mass is 9.84. The van der Waals surface area contributed by atoms with Gasteiger partial charge in [-0.1, -0.05) is 27.7 Å². The van der Waals surface area contributed by atoms with Gasteiger partial charge >= 0.3 is 5.97 Å². The Morgan fingerprint density at radius 2 is 1.92 bits per heavy atom. The maximum absolute atomic E-state index is 12.7. The number of aromatic nitrogens is 1. The SMILES string of the molecule is CCOC(=O)c1csc(CN(C(=O)C[C@@H](C)CC(C)(C)C)C(C)C)n1. The summed E-state index contributed by atoms with van der Waals surface area (Å²) in [5.41, 5.74) is 0.533. The Bertz CT molecular complexity index is 575. The van der Waals surface area contributed by atoms with Crippen molar-refractivity contribution in [3.63, 3.8) is 0 Å². The summed E-state index contributed by atoms with van der Waals surface area (Å²) in [6.07, 6.45) is 1.54. The van der Waals surface area contributed by atoms with Gasteiger partial charge < -0.3 is 9.64 Å². The first-order valence-electron chi connectivity index (χ1n) is 8.94. The van der Waals surface area contributed by atoms with Crippen LogP contribution in [0.5, 0.6) is 0 Å². The first-order valence-corrected chi connectivity index (χ1v) is 9.82. The smallest absolute Gasteiger partial charge is 0.357 e. The predicted octanol–water partition coefficient (Wildman–Crippen LogP) is 4.52. The van der Waals surface area contributed by atoms with Crippen molar-refractivity contribution in [1.82, 2.24) is 9.88 Å². The number of esters is 1. The van der Waals surface area contributed by atoms with E-state index in [9.17, 15) is 9.59 Å². The molecule has 0 aromatic carbocycles. The van der Waals surface area contributed by atoms with Gasteiger partial charge in [-0.25, -0.2) is 9.78 Å². The second-order valence-corrected chi connectivity index (χ2v) is 8.98. The fourth-order valence-corrected chi connectivity index (χ4v) is 3.68. The fourth-order valence-electron chi connectivity index (χ4n) is 2.92. The van der Waals surface area contributed by atoms with Crippen molar-refractivity contribution >= 4 is 23.2 Å². The third kappa shape index (κ3) is 7.55. The van der Waals surface area contributed by atoms with Gasteiger partial charge in [0.05, 0.1) is 13.2 Å². The number of amides is 1. The topological polar surface area (TPSA) is 59.5 Å². The van der Waals surface area contributed by atoms with Gasteiger partial charge in [0.2, 0.25) is 5.91 Å². The van der Waals surface area contributed by atoms with E-state index < -0.39 is 5.97 Å². The first kappa shape index (κ1) is 21.6. The number of hydrogen-bond acceptors (Lipinski definition) is 5. The van der Waals surface area contributed by atoms with Crippen LogP contribution in [0.25, 0.3) is 0 Å². The van der Waals surface area contributed by atoms with Crippen LogP contribution >= 0.6 is 11.3 Å². The maximum Gasteiger partial charge on any atom is 0.357 e. The molecule has 0 bridgehead atoms. The monoisotopic (exact) mass is 368 g/mol. The molecule has 0 saturated carbocycles. The molecule has 0 radical (unpaired) electrons. The Balaban J connectivity index is 2.74. The molecule has 142 valence electrons. The molecule has 6 heteroatoms. The molecule has 1 aromatic heterocycles. The predicted molar refractivity (Wildman–Crippen MR) is 102 cm³/mol. The van der Waals surface area contributed by atoms with E-state index in [-0.39, 0.29) is 17.4 Å². The molecule has 0 fully saturated rings. The third-order valence-corrected chi connectivity index (χ3v) is 4.60. The number of rotatable bonds is 8. The van der Waals surface area contributed by atoms with E-state index in [2.05, 4.69) is 32.7 Å². The summed E-state index contributed by atoms with van der Waals surface area (Å²) in [5.74, 6) is 0.0611. The summed E-state index contributed by atoms with van der Waals surface area (Å²) in [7, 11) is 0. The zero-order valence-corrected chi connectivity index (χ0v) is 17.4. The summed E-state index contributed by atoms with van der Waals surface area (Å²) in [5, 5.41) is 2.45. The Labute approximate surface area is 155 Å². The molecular formula is C19H32N2O3S. The van der Waals surface area contributed by atoms with Crippen LogP contribution in [0.3, 0.4) is 0 Å². The van der Waals surface area contributed by atoms with Crippen LogP contribution in [-0.4, -0.2) is 34.4 Å². The number of carbonyl (C=O) groups is 2. The lowest BCUT2D eigenvalue weighted by molar-refractivity contribution is -0.134. The van der Waals surface area contributed by atoms with Crippen LogP contribution in [-0.2, 0) is 16.1 Å². The third-order valence-electron chi connectivity index (χ3n) is 3.77. The minimum absolute atomic E-state index is 0.0873. The van der Waals surface area contributed by atoms with E-state index in [0.717, 1.165) is 11.4 Å². The van der Waals surface area contributed by atoms with E-state index in [1.54, 1.807) is 12.3 Å². The first-order chi connectivity index (χ1) is 11.5. The molecule has 0 aliphatic heterocycles. The average molecular weight is 369 g/mol. The molecule has 0 aliphatic rings. The fraction of sp³-hybridized carbons (Fsp3) is 0.737. The number of hydrogen-bond donors (Lipinski definition) is 0.